The van der Waals surface area contributed by atoms with Gasteiger partial charge in [-0.1, -0.05) is 6.07 Å². The number of aromatic amines is 1. The lowest BCUT2D eigenvalue weighted by Gasteiger charge is -2.22. The molecule has 4 heterocycles. The fraction of sp³-hybridized carbons (Fsp3) is 0.0667. The van der Waals surface area contributed by atoms with E-state index in [1.807, 2.05) is 23.6 Å². The Labute approximate surface area is 129 Å². The van der Waals surface area contributed by atoms with Crippen LogP contribution in [0.4, 0.5) is 0 Å². The molecular formula is C15H10N4O2S. The van der Waals surface area contributed by atoms with Gasteiger partial charge in [-0.05, 0) is 17.5 Å². The fourth-order valence-corrected chi connectivity index (χ4v) is 3.36. The number of nitrogens with one attached hydrogen (secondary N) is 1. The van der Waals surface area contributed by atoms with E-state index in [1.165, 1.54) is 0 Å². The minimum absolute atomic E-state index is 0.0745. The van der Waals surface area contributed by atoms with Crippen LogP contribution >= 0.6 is 11.3 Å². The van der Waals surface area contributed by atoms with E-state index < -0.39 is 0 Å². The highest BCUT2D eigenvalue weighted by Crippen LogP contribution is 2.46. The first-order chi connectivity index (χ1) is 10.8. The number of allylic oxidation sites excluding steroid dienone is 1. The first-order valence-corrected chi connectivity index (χ1v) is 7.39. The van der Waals surface area contributed by atoms with Crippen LogP contribution in [0.5, 0.6) is 5.88 Å². The highest BCUT2D eigenvalue weighted by molar-refractivity contribution is 7.13. The molecule has 4 rings (SSSR count). The van der Waals surface area contributed by atoms with Gasteiger partial charge >= 0.3 is 0 Å². The Morgan fingerprint density at radius 1 is 1.41 bits per heavy atom. The number of hydrogen-bond donors (Lipinski definition) is 2. The number of rotatable bonds is 2. The number of furan rings is 1. The standard InChI is InChI=1S/C15H10N4O2S/c16-6-9-11(8-3-4-20-7-8)12-13(10-2-1-5-22-10)18-19-15(12)21-14(9)17/h1-5,7,11H,17H2,(H,18,19)/t11-/m0/s1. The monoisotopic (exact) mass is 310 g/mol. The molecule has 0 bridgehead atoms. The van der Waals surface area contributed by atoms with Gasteiger partial charge in [0.25, 0.3) is 0 Å². The van der Waals surface area contributed by atoms with Crippen LogP contribution in [0.15, 0.2) is 52.0 Å². The van der Waals surface area contributed by atoms with Crippen molar-refractivity contribution in [1.82, 2.24) is 10.2 Å². The molecule has 0 aliphatic carbocycles. The number of aromatic nitrogens is 2. The predicted molar refractivity (Wildman–Crippen MR) is 79.9 cm³/mol. The summed E-state index contributed by atoms with van der Waals surface area (Å²) in [7, 11) is 0. The average Bonchev–Trinajstić information content (AvgIpc) is 3.26. The molecule has 0 spiro atoms. The Bertz CT molecular complexity index is 885. The summed E-state index contributed by atoms with van der Waals surface area (Å²) < 4.78 is 10.7. The van der Waals surface area contributed by atoms with E-state index in [9.17, 15) is 5.26 Å². The van der Waals surface area contributed by atoms with Gasteiger partial charge in [0.05, 0.1) is 34.6 Å². The summed E-state index contributed by atoms with van der Waals surface area (Å²) in [5, 5.41) is 18.7. The largest absolute Gasteiger partial charge is 0.472 e. The lowest BCUT2D eigenvalue weighted by molar-refractivity contribution is 0.378. The lowest BCUT2D eigenvalue weighted by Crippen LogP contribution is -2.20. The number of thiophene rings is 1. The molecule has 0 fully saturated rings. The van der Waals surface area contributed by atoms with E-state index in [1.54, 1.807) is 23.9 Å². The van der Waals surface area contributed by atoms with Crippen LogP contribution < -0.4 is 10.5 Å². The van der Waals surface area contributed by atoms with Crippen molar-refractivity contribution in [1.29, 1.82) is 5.26 Å². The van der Waals surface area contributed by atoms with E-state index in [0.29, 0.717) is 11.5 Å². The summed E-state index contributed by atoms with van der Waals surface area (Å²) >= 11 is 1.58. The molecule has 0 saturated carbocycles. The molecule has 6 nitrogen and oxygen atoms in total. The topological polar surface area (TPSA) is 101 Å². The summed E-state index contributed by atoms with van der Waals surface area (Å²) in [6.45, 7) is 0. The molecule has 108 valence electrons. The number of nitrogens with two attached hydrogens (primary N) is 1. The van der Waals surface area contributed by atoms with Gasteiger partial charge < -0.3 is 14.9 Å². The molecule has 0 unspecified atom stereocenters. The van der Waals surface area contributed by atoms with Crippen LogP contribution in [-0.4, -0.2) is 10.2 Å². The second-order valence-corrected chi connectivity index (χ2v) is 5.72. The molecule has 3 aromatic rings. The zero-order valence-electron chi connectivity index (χ0n) is 11.2. The number of hydrogen-bond acceptors (Lipinski definition) is 6. The third-order valence-electron chi connectivity index (χ3n) is 3.58. The molecule has 0 saturated heterocycles. The Balaban J connectivity index is 1.97. The summed E-state index contributed by atoms with van der Waals surface area (Å²) in [6, 6.07) is 7.90. The first kappa shape index (κ1) is 12.7. The molecular weight excluding hydrogens is 300 g/mol. The van der Waals surface area contributed by atoms with E-state index >= 15 is 0 Å². The van der Waals surface area contributed by atoms with Gasteiger partial charge in [-0.25, -0.2) is 0 Å². The summed E-state index contributed by atoms with van der Waals surface area (Å²) in [5.41, 5.74) is 8.70. The maximum atomic E-state index is 9.49. The Morgan fingerprint density at radius 3 is 3.00 bits per heavy atom. The number of H-pyrrole nitrogens is 1. The summed E-state index contributed by atoms with van der Waals surface area (Å²) in [4.78, 5) is 1.02. The normalized spacial score (nSPS) is 17.0. The van der Waals surface area contributed by atoms with Crippen molar-refractivity contribution in [3.05, 3.63) is 58.7 Å². The van der Waals surface area contributed by atoms with Crippen molar-refractivity contribution in [2.45, 2.75) is 5.92 Å². The Hall–Kier alpha value is -2.98. The zero-order valence-corrected chi connectivity index (χ0v) is 12.1. The second-order valence-electron chi connectivity index (χ2n) is 4.78. The average molecular weight is 310 g/mol. The number of fused-ring (bicyclic) bond motifs is 1. The maximum absolute atomic E-state index is 9.49. The smallest absolute Gasteiger partial charge is 0.244 e. The molecule has 22 heavy (non-hydrogen) atoms. The Kier molecular flexibility index (Phi) is 2.77. The fourth-order valence-electron chi connectivity index (χ4n) is 2.63. The van der Waals surface area contributed by atoms with Crippen LogP contribution in [0.1, 0.15) is 17.0 Å². The molecule has 1 atom stereocenters. The number of nitriles is 1. The van der Waals surface area contributed by atoms with Gasteiger partial charge in [0.15, 0.2) is 0 Å². The van der Waals surface area contributed by atoms with Crippen molar-refractivity contribution in [2.75, 3.05) is 0 Å². The van der Waals surface area contributed by atoms with Crippen molar-refractivity contribution in [2.24, 2.45) is 5.73 Å². The quantitative estimate of drug-likeness (QED) is 0.758. The van der Waals surface area contributed by atoms with Crippen LogP contribution in [0.2, 0.25) is 0 Å². The summed E-state index contributed by atoms with van der Waals surface area (Å²) in [6.07, 6.45) is 3.18. The Morgan fingerprint density at radius 2 is 2.32 bits per heavy atom. The van der Waals surface area contributed by atoms with Gasteiger partial charge in [0, 0.05) is 5.56 Å². The van der Waals surface area contributed by atoms with Crippen LogP contribution in [0.3, 0.4) is 0 Å². The minimum atomic E-state index is -0.358. The third-order valence-corrected chi connectivity index (χ3v) is 4.47. The van der Waals surface area contributed by atoms with Crippen molar-refractivity contribution >= 4 is 11.3 Å². The minimum Gasteiger partial charge on any atom is -0.472 e. The van der Waals surface area contributed by atoms with Crippen LogP contribution in [0, 0.1) is 11.3 Å². The van der Waals surface area contributed by atoms with Gasteiger partial charge in [-0.15, -0.1) is 16.4 Å². The van der Waals surface area contributed by atoms with Gasteiger partial charge in [-0.3, -0.25) is 5.10 Å². The van der Waals surface area contributed by atoms with E-state index in [-0.39, 0.29) is 11.8 Å². The first-order valence-electron chi connectivity index (χ1n) is 6.51. The lowest BCUT2D eigenvalue weighted by atomic mass is 9.85. The SMILES string of the molecule is N#CC1=C(N)Oc2n[nH]c(-c3cccs3)c2[C@H]1c1ccoc1. The summed E-state index contributed by atoms with van der Waals surface area (Å²) in [5.74, 6) is 0.111. The maximum Gasteiger partial charge on any atom is 0.244 e. The van der Waals surface area contributed by atoms with Crippen molar-refractivity contribution in [3.63, 3.8) is 0 Å². The van der Waals surface area contributed by atoms with Crippen LogP contribution in [-0.2, 0) is 0 Å². The van der Waals surface area contributed by atoms with E-state index in [2.05, 4.69) is 16.3 Å². The molecule has 0 aromatic carbocycles. The van der Waals surface area contributed by atoms with E-state index in [4.69, 9.17) is 14.9 Å². The van der Waals surface area contributed by atoms with Crippen molar-refractivity contribution < 1.29 is 9.15 Å². The number of ether oxygens (including phenoxy) is 1. The van der Waals surface area contributed by atoms with Gasteiger partial charge in [-0.2, -0.15) is 5.26 Å². The molecule has 1 aliphatic heterocycles. The van der Waals surface area contributed by atoms with E-state index in [0.717, 1.165) is 21.7 Å². The second kappa shape index (κ2) is 4.79. The zero-order chi connectivity index (χ0) is 15.1. The van der Waals surface area contributed by atoms with Gasteiger partial charge in [0.2, 0.25) is 11.8 Å². The molecule has 7 heteroatoms. The molecule has 0 radical (unpaired) electrons. The molecule has 1 aliphatic rings. The molecule has 0 amide bonds. The number of nitrogens with zero attached hydrogens (tertiary/aromatic N) is 2. The predicted octanol–water partition coefficient (Wildman–Crippen LogP) is 2.95. The third kappa shape index (κ3) is 1.75. The van der Waals surface area contributed by atoms with Gasteiger partial charge in [0.1, 0.15) is 11.6 Å². The highest BCUT2D eigenvalue weighted by atomic mass is 32.1. The van der Waals surface area contributed by atoms with Crippen molar-refractivity contribution in [3.8, 4) is 22.5 Å². The molecule has 3 N–H and O–H groups in total. The van der Waals surface area contributed by atoms with Crippen LogP contribution in [0.25, 0.3) is 10.6 Å². The molecule has 3 aromatic heterocycles. The highest BCUT2D eigenvalue weighted by Gasteiger charge is 2.36.